The highest BCUT2D eigenvalue weighted by atomic mass is 14.4. The van der Waals surface area contributed by atoms with Gasteiger partial charge in [-0.3, -0.25) is 0 Å². The van der Waals surface area contributed by atoms with Crippen LogP contribution < -0.4 is 0 Å². The molecule has 1 nitrogen and oxygen atoms in total. The summed E-state index contributed by atoms with van der Waals surface area (Å²) in [5, 5.41) is 8.93. The van der Waals surface area contributed by atoms with E-state index in [4.69, 9.17) is 5.26 Å². The number of hydrogen-bond donors (Lipinski definition) is 0. The van der Waals surface area contributed by atoms with E-state index < -0.39 is 0 Å². The van der Waals surface area contributed by atoms with Crippen LogP contribution >= 0.6 is 0 Å². The van der Waals surface area contributed by atoms with Crippen molar-refractivity contribution in [1.82, 2.24) is 0 Å². The molecule has 1 heteroatoms. The Bertz CT molecular complexity index is 220. The Balaban J connectivity index is 2.68. The van der Waals surface area contributed by atoms with E-state index in [0.717, 1.165) is 6.42 Å². The standard InChI is InChI=1S/C11H17N/c1-9-4-6-10(7-5-9)11(2,3)8-12/h4,6,9-10H,5,7H2,1-3H3/t9-,10+/m1/s1. The fraction of sp³-hybridized carbons (Fsp3) is 0.727. The van der Waals surface area contributed by atoms with Crippen molar-refractivity contribution in [3.63, 3.8) is 0 Å². The highest BCUT2D eigenvalue weighted by molar-refractivity contribution is 5.08. The lowest BCUT2D eigenvalue weighted by molar-refractivity contribution is 0.305. The summed E-state index contributed by atoms with van der Waals surface area (Å²) in [7, 11) is 0. The lowest BCUT2D eigenvalue weighted by Gasteiger charge is -2.29. The third-order valence-corrected chi connectivity index (χ3v) is 2.82. The van der Waals surface area contributed by atoms with Crippen LogP contribution in [0.3, 0.4) is 0 Å². The van der Waals surface area contributed by atoms with Crippen molar-refractivity contribution in [2.75, 3.05) is 0 Å². The maximum Gasteiger partial charge on any atom is 0.0690 e. The van der Waals surface area contributed by atoms with Crippen molar-refractivity contribution in [3.8, 4) is 6.07 Å². The first-order valence-electron chi connectivity index (χ1n) is 4.66. The average molecular weight is 163 g/mol. The van der Waals surface area contributed by atoms with Gasteiger partial charge in [0.15, 0.2) is 0 Å². The van der Waals surface area contributed by atoms with Gasteiger partial charge in [-0.05, 0) is 38.5 Å². The summed E-state index contributed by atoms with van der Waals surface area (Å²) in [5.41, 5.74) is -0.184. The molecule has 0 aromatic rings. The highest BCUT2D eigenvalue weighted by Crippen LogP contribution is 2.35. The van der Waals surface area contributed by atoms with E-state index in [1.165, 1.54) is 6.42 Å². The summed E-state index contributed by atoms with van der Waals surface area (Å²) in [6, 6.07) is 2.37. The van der Waals surface area contributed by atoms with Crippen molar-refractivity contribution in [3.05, 3.63) is 12.2 Å². The molecule has 12 heavy (non-hydrogen) atoms. The minimum absolute atomic E-state index is 0.184. The largest absolute Gasteiger partial charge is 0.198 e. The molecular weight excluding hydrogens is 146 g/mol. The first-order chi connectivity index (χ1) is 5.56. The molecule has 1 aliphatic carbocycles. The smallest absolute Gasteiger partial charge is 0.0690 e. The number of nitriles is 1. The topological polar surface area (TPSA) is 23.8 Å². The van der Waals surface area contributed by atoms with Crippen molar-refractivity contribution in [1.29, 1.82) is 5.26 Å². The molecule has 0 heterocycles. The third-order valence-electron chi connectivity index (χ3n) is 2.82. The Morgan fingerprint density at radius 1 is 1.33 bits per heavy atom. The van der Waals surface area contributed by atoms with Gasteiger partial charge in [0.25, 0.3) is 0 Å². The average Bonchev–Trinajstić information content (AvgIpc) is 2.05. The van der Waals surface area contributed by atoms with Gasteiger partial charge in [-0.15, -0.1) is 0 Å². The minimum atomic E-state index is -0.184. The second-order valence-corrected chi connectivity index (χ2v) is 4.38. The zero-order valence-corrected chi connectivity index (χ0v) is 8.17. The molecule has 0 unspecified atom stereocenters. The molecule has 1 rings (SSSR count). The molecule has 0 N–H and O–H groups in total. The van der Waals surface area contributed by atoms with Crippen LogP contribution in [0.5, 0.6) is 0 Å². The Morgan fingerprint density at radius 3 is 2.42 bits per heavy atom. The summed E-state index contributed by atoms with van der Waals surface area (Å²) in [4.78, 5) is 0. The molecule has 0 aromatic heterocycles. The lowest BCUT2D eigenvalue weighted by Crippen LogP contribution is -2.23. The molecule has 0 spiro atoms. The van der Waals surface area contributed by atoms with Gasteiger partial charge in [0, 0.05) is 0 Å². The van der Waals surface area contributed by atoms with Crippen molar-refractivity contribution in [2.24, 2.45) is 17.3 Å². The normalized spacial score (nSPS) is 29.8. The van der Waals surface area contributed by atoms with Crippen LogP contribution in [0.1, 0.15) is 33.6 Å². The monoisotopic (exact) mass is 163 g/mol. The molecule has 66 valence electrons. The van der Waals surface area contributed by atoms with E-state index in [2.05, 4.69) is 25.1 Å². The zero-order chi connectivity index (χ0) is 9.19. The number of nitrogens with zero attached hydrogens (tertiary/aromatic N) is 1. The molecule has 0 saturated heterocycles. The molecule has 0 fully saturated rings. The van der Waals surface area contributed by atoms with Crippen molar-refractivity contribution < 1.29 is 0 Å². The first-order valence-corrected chi connectivity index (χ1v) is 4.66. The van der Waals surface area contributed by atoms with Gasteiger partial charge < -0.3 is 0 Å². The lowest BCUT2D eigenvalue weighted by atomic mass is 9.74. The maximum absolute atomic E-state index is 8.93. The van der Waals surface area contributed by atoms with Gasteiger partial charge in [0.05, 0.1) is 11.5 Å². The van der Waals surface area contributed by atoms with Gasteiger partial charge in [0.1, 0.15) is 0 Å². The van der Waals surface area contributed by atoms with Crippen LogP contribution in [-0.2, 0) is 0 Å². The summed E-state index contributed by atoms with van der Waals surface area (Å²) in [6.45, 7) is 6.28. The van der Waals surface area contributed by atoms with E-state index in [9.17, 15) is 0 Å². The summed E-state index contributed by atoms with van der Waals surface area (Å²) >= 11 is 0. The van der Waals surface area contributed by atoms with Gasteiger partial charge >= 0.3 is 0 Å². The predicted molar refractivity (Wildman–Crippen MR) is 50.4 cm³/mol. The van der Waals surface area contributed by atoms with E-state index in [1.54, 1.807) is 0 Å². The quantitative estimate of drug-likeness (QED) is 0.545. The fourth-order valence-corrected chi connectivity index (χ4v) is 1.64. The number of allylic oxidation sites excluding steroid dienone is 2. The molecule has 0 radical (unpaired) electrons. The van der Waals surface area contributed by atoms with Gasteiger partial charge in [0.2, 0.25) is 0 Å². The Hall–Kier alpha value is -0.770. The second-order valence-electron chi connectivity index (χ2n) is 4.38. The summed E-state index contributed by atoms with van der Waals surface area (Å²) in [5.74, 6) is 1.16. The Kier molecular flexibility index (Phi) is 2.57. The summed E-state index contributed by atoms with van der Waals surface area (Å²) < 4.78 is 0. The first kappa shape index (κ1) is 9.32. The van der Waals surface area contributed by atoms with Gasteiger partial charge in [-0.25, -0.2) is 0 Å². The van der Waals surface area contributed by atoms with Gasteiger partial charge in [-0.2, -0.15) is 5.26 Å². The second kappa shape index (κ2) is 3.31. The molecule has 2 atom stereocenters. The van der Waals surface area contributed by atoms with Crippen molar-refractivity contribution >= 4 is 0 Å². The van der Waals surface area contributed by atoms with E-state index in [0.29, 0.717) is 11.8 Å². The molecule has 0 aromatic carbocycles. The minimum Gasteiger partial charge on any atom is -0.198 e. The summed E-state index contributed by atoms with van der Waals surface area (Å²) in [6.07, 6.45) is 6.86. The van der Waals surface area contributed by atoms with Crippen LogP contribution in [0.2, 0.25) is 0 Å². The molecule has 0 aliphatic heterocycles. The molecule has 0 saturated carbocycles. The fourth-order valence-electron chi connectivity index (χ4n) is 1.64. The maximum atomic E-state index is 8.93. The van der Waals surface area contributed by atoms with E-state index in [-0.39, 0.29) is 5.41 Å². The molecular formula is C11H17N. The number of rotatable bonds is 1. The Morgan fingerprint density at radius 2 is 2.00 bits per heavy atom. The van der Waals surface area contributed by atoms with Crippen LogP contribution in [0, 0.1) is 28.6 Å². The van der Waals surface area contributed by atoms with E-state index >= 15 is 0 Å². The van der Waals surface area contributed by atoms with Crippen LogP contribution in [0.25, 0.3) is 0 Å². The van der Waals surface area contributed by atoms with Crippen LogP contribution in [-0.4, -0.2) is 0 Å². The SMILES string of the molecule is C[C@@H]1C=C[C@H](C(C)(C)C#N)CC1. The number of hydrogen-bond acceptors (Lipinski definition) is 1. The highest BCUT2D eigenvalue weighted by Gasteiger charge is 2.28. The molecule has 0 amide bonds. The molecule has 0 bridgehead atoms. The predicted octanol–water partition coefficient (Wildman–Crippen LogP) is 3.14. The third kappa shape index (κ3) is 1.88. The van der Waals surface area contributed by atoms with Crippen LogP contribution in [0.4, 0.5) is 0 Å². The van der Waals surface area contributed by atoms with Crippen LogP contribution in [0.15, 0.2) is 12.2 Å². The van der Waals surface area contributed by atoms with Gasteiger partial charge in [-0.1, -0.05) is 19.1 Å². The van der Waals surface area contributed by atoms with Crippen molar-refractivity contribution in [2.45, 2.75) is 33.6 Å². The van der Waals surface area contributed by atoms with E-state index in [1.807, 2.05) is 13.8 Å². The Labute approximate surface area is 75.1 Å². The zero-order valence-electron chi connectivity index (χ0n) is 8.17. The molecule has 1 aliphatic rings.